The molecule has 0 bridgehead atoms. The van der Waals surface area contributed by atoms with E-state index in [9.17, 15) is 9.59 Å². The van der Waals surface area contributed by atoms with E-state index in [0.717, 1.165) is 27.1 Å². The molecule has 8 heteroatoms. The predicted molar refractivity (Wildman–Crippen MR) is 102 cm³/mol. The maximum Gasteiger partial charge on any atom is 0.231 e. The Hall–Kier alpha value is -3.13. The molecule has 7 nitrogen and oxygen atoms in total. The molecule has 0 fully saturated rings. The summed E-state index contributed by atoms with van der Waals surface area (Å²) in [6, 6.07) is 11.3. The van der Waals surface area contributed by atoms with Crippen LogP contribution in [0.25, 0.3) is 10.2 Å². The van der Waals surface area contributed by atoms with Crippen molar-refractivity contribution in [2.45, 2.75) is 19.9 Å². The van der Waals surface area contributed by atoms with Crippen molar-refractivity contribution in [3.63, 3.8) is 0 Å². The Morgan fingerprint density at radius 3 is 2.78 bits per heavy atom. The minimum atomic E-state index is -0.155. The molecule has 0 spiro atoms. The summed E-state index contributed by atoms with van der Waals surface area (Å²) in [5, 5.41) is 6.15. The van der Waals surface area contributed by atoms with Crippen molar-refractivity contribution in [3.05, 3.63) is 47.5 Å². The highest BCUT2D eigenvalue weighted by Crippen LogP contribution is 2.32. The van der Waals surface area contributed by atoms with Gasteiger partial charge in [-0.3, -0.25) is 9.59 Å². The Morgan fingerprint density at radius 1 is 1.11 bits per heavy atom. The number of aromatic nitrogens is 1. The van der Waals surface area contributed by atoms with Gasteiger partial charge in [-0.05, 0) is 35.4 Å². The Labute approximate surface area is 159 Å². The number of carbonyl (C=O) groups is 2. The summed E-state index contributed by atoms with van der Waals surface area (Å²) < 4.78 is 11.6. The van der Waals surface area contributed by atoms with Crippen molar-refractivity contribution in [2.75, 3.05) is 12.1 Å². The second kappa shape index (κ2) is 7.24. The molecule has 2 N–H and O–H groups in total. The van der Waals surface area contributed by atoms with Gasteiger partial charge in [-0.25, -0.2) is 4.98 Å². The number of hydrogen-bond donors (Lipinski definition) is 2. The predicted octanol–water partition coefficient (Wildman–Crippen LogP) is 2.84. The van der Waals surface area contributed by atoms with Crippen LogP contribution < -0.4 is 20.1 Å². The third-order valence-electron chi connectivity index (χ3n) is 4.03. The van der Waals surface area contributed by atoms with Crippen LogP contribution in [-0.2, 0) is 22.6 Å². The maximum atomic E-state index is 12.3. The van der Waals surface area contributed by atoms with Gasteiger partial charge in [0, 0.05) is 13.5 Å². The molecule has 0 saturated carbocycles. The molecule has 2 aromatic carbocycles. The molecule has 2 heterocycles. The molecule has 27 heavy (non-hydrogen) atoms. The zero-order chi connectivity index (χ0) is 18.8. The lowest BCUT2D eigenvalue weighted by Gasteiger charge is -2.06. The van der Waals surface area contributed by atoms with Crippen LogP contribution in [0.4, 0.5) is 5.13 Å². The SMILES string of the molecule is CC(=O)Nc1nc2ccc(CC(=O)NCc3ccc4c(c3)OCO4)cc2s1. The zero-order valence-electron chi connectivity index (χ0n) is 14.6. The topological polar surface area (TPSA) is 89.6 Å². The number of thiazole rings is 1. The van der Waals surface area contributed by atoms with Crippen LogP contribution in [-0.4, -0.2) is 23.6 Å². The van der Waals surface area contributed by atoms with Gasteiger partial charge in [-0.15, -0.1) is 0 Å². The number of fused-ring (bicyclic) bond motifs is 2. The van der Waals surface area contributed by atoms with Crippen LogP contribution >= 0.6 is 11.3 Å². The zero-order valence-corrected chi connectivity index (χ0v) is 15.4. The van der Waals surface area contributed by atoms with Crippen molar-refractivity contribution in [2.24, 2.45) is 0 Å². The van der Waals surface area contributed by atoms with Crippen molar-refractivity contribution in [3.8, 4) is 11.5 Å². The largest absolute Gasteiger partial charge is 0.454 e. The fourth-order valence-electron chi connectivity index (χ4n) is 2.78. The van der Waals surface area contributed by atoms with Crippen LogP contribution in [0.2, 0.25) is 0 Å². The molecule has 138 valence electrons. The molecule has 0 saturated heterocycles. The fourth-order valence-corrected chi connectivity index (χ4v) is 3.76. The van der Waals surface area contributed by atoms with Gasteiger partial charge in [0.25, 0.3) is 0 Å². The summed E-state index contributed by atoms with van der Waals surface area (Å²) >= 11 is 1.39. The first kappa shape index (κ1) is 17.3. The molecular weight excluding hydrogens is 366 g/mol. The lowest BCUT2D eigenvalue weighted by Crippen LogP contribution is -2.24. The number of carbonyl (C=O) groups excluding carboxylic acids is 2. The average Bonchev–Trinajstić information content (AvgIpc) is 3.24. The van der Waals surface area contributed by atoms with Gasteiger partial charge in [-0.1, -0.05) is 23.5 Å². The van der Waals surface area contributed by atoms with Crippen LogP contribution in [0.3, 0.4) is 0 Å². The van der Waals surface area contributed by atoms with Gasteiger partial charge in [0.1, 0.15) is 0 Å². The van der Waals surface area contributed by atoms with E-state index in [4.69, 9.17) is 9.47 Å². The number of hydrogen-bond acceptors (Lipinski definition) is 6. The Morgan fingerprint density at radius 2 is 1.93 bits per heavy atom. The van der Waals surface area contributed by atoms with Gasteiger partial charge in [0.05, 0.1) is 16.6 Å². The van der Waals surface area contributed by atoms with E-state index in [2.05, 4.69) is 15.6 Å². The molecule has 0 radical (unpaired) electrons. The van der Waals surface area contributed by atoms with E-state index in [1.807, 2.05) is 36.4 Å². The van der Waals surface area contributed by atoms with Crippen LogP contribution in [0.15, 0.2) is 36.4 Å². The molecule has 1 aromatic heterocycles. The molecule has 0 atom stereocenters. The summed E-state index contributed by atoms with van der Waals surface area (Å²) in [6.45, 7) is 2.10. The van der Waals surface area contributed by atoms with E-state index >= 15 is 0 Å². The molecule has 0 unspecified atom stereocenters. The molecule has 1 aliphatic rings. The summed E-state index contributed by atoms with van der Waals surface area (Å²) in [5.41, 5.74) is 2.64. The van der Waals surface area contributed by atoms with Crippen molar-refractivity contribution < 1.29 is 19.1 Å². The molecule has 4 rings (SSSR count). The first-order chi connectivity index (χ1) is 13.1. The number of amides is 2. The number of benzene rings is 2. The van der Waals surface area contributed by atoms with Crippen molar-refractivity contribution in [1.82, 2.24) is 10.3 Å². The van der Waals surface area contributed by atoms with Gasteiger partial charge in [-0.2, -0.15) is 0 Å². The average molecular weight is 383 g/mol. The van der Waals surface area contributed by atoms with E-state index in [1.54, 1.807) is 0 Å². The Kier molecular flexibility index (Phi) is 4.64. The number of anilines is 1. The highest BCUT2D eigenvalue weighted by molar-refractivity contribution is 7.22. The van der Waals surface area contributed by atoms with Gasteiger partial charge < -0.3 is 20.1 Å². The third kappa shape index (κ3) is 4.01. The van der Waals surface area contributed by atoms with E-state index < -0.39 is 0 Å². The minimum Gasteiger partial charge on any atom is -0.454 e. The highest BCUT2D eigenvalue weighted by Gasteiger charge is 2.14. The summed E-state index contributed by atoms with van der Waals surface area (Å²) in [4.78, 5) is 27.8. The van der Waals surface area contributed by atoms with E-state index in [-0.39, 0.29) is 25.0 Å². The normalized spacial score (nSPS) is 12.2. The van der Waals surface area contributed by atoms with Crippen LogP contribution in [0, 0.1) is 0 Å². The lowest BCUT2D eigenvalue weighted by molar-refractivity contribution is -0.120. The summed E-state index contributed by atoms with van der Waals surface area (Å²) in [6.07, 6.45) is 0.272. The van der Waals surface area contributed by atoms with E-state index in [0.29, 0.717) is 17.4 Å². The third-order valence-corrected chi connectivity index (χ3v) is 4.96. The molecular formula is C19H17N3O4S. The van der Waals surface area contributed by atoms with Crippen LogP contribution in [0.5, 0.6) is 11.5 Å². The van der Waals surface area contributed by atoms with Crippen LogP contribution in [0.1, 0.15) is 18.1 Å². The van der Waals surface area contributed by atoms with Gasteiger partial charge in [0.15, 0.2) is 16.6 Å². The number of nitrogens with zero attached hydrogens (tertiary/aromatic N) is 1. The highest BCUT2D eigenvalue weighted by atomic mass is 32.1. The smallest absolute Gasteiger partial charge is 0.231 e. The fraction of sp³-hybridized carbons (Fsp3) is 0.211. The number of ether oxygens (including phenoxy) is 2. The maximum absolute atomic E-state index is 12.3. The monoisotopic (exact) mass is 383 g/mol. The number of rotatable bonds is 5. The summed E-state index contributed by atoms with van der Waals surface area (Å²) in [5.74, 6) is 1.20. The second-order valence-corrected chi connectivity index (χ2v) is 7.17. The van der Waals surface area contributed by atoms with Gasteiger partial charge in [0.2, 0.25) is 18.6 Å². The first-order valence-electron chi connectivity index (χ1n) is 8.39. The minimum absolute atomic E-state index is 0.0707. The Bertz CT molecular complexity index is 1030. The first-order valence-corrected chi connectivity index (χ1v) is 9.21. The molecule has 2 amide bonds. The lowest BCUT2D eigenvalue weighted by atomic mass is 10.1. The quantitative estimate of drug-likeness (QED) is 0.707. The molecule has 3 aromatic rings. The van der Waals surface area contributed by atoms with E-state index in [1.165, 1.54) is 18.3 Å². The molecule has 1 aliphatic heterocycles. The summed E-state index contributed by atoms with van der Waals surface area (Å²) in [7, 11) is 0. The Balaban J connectivity index is 1.38. The van der Waals surface area contributed by atoms with Gasteiger partial charge >= 0.3 is 0 Å². The standard InChI is InChI=1S/C19H17N3O4S/c1-11(23)21-19-22-14-4-2-12(7-17(14)27-19)8-18(24)20-9-13-3-5-15-16(6-13)26-10-25-15/h2-7H,8-10H2,1H3,(H,20,24)(H,21,22,23). The second-order valence-electron chi connectivity index (χ2n) is 6.14. The van der Waals surface area contributed by atoms with Crippen molar-refractivity contribution in [1.29, 1.82) is 0 Å². The molecule has 0 aliphatic carbocycles. The number of nitrogens with one attached hydrogen (secondary N) is 2. The van der Waals surface area contributed by atoms with Crippen molar-refractivity contribution >= 4 is 38.5 Å².